The predicted octanol–water partition coefficient (Wildman–Crippen LogP) is 2.02. The van der Waals surface area contributed by atoms with Crippen LogP contribution in [-0.2, 0) is 0 Å². The van der Waals surface area contributed by atoms with Crippen molar-refractivity contribution in [1.29, 1.82) is 0 Å². The lowest BCUT2D eigenvalue weighted by Crippen LogP contribution is -2.18. The fourth-order valence-electron chi connectivity index (χ4n) is 1.47. The molecule has 0 aromatic heterocycles. The second kappa shape index (κ2) is 3.35. The van der Waals surface area contributed by atoms with E-state index in [1.807, 2.05) is 0 Å². The number of ether oxygens (including phenoxy) is 1. The summed E-state index contributed by atoms with van der Waals surface area (Å²) in [4.78, 5) is 22.8. The minimum Gasteiger partial charge on any atom is -0.488 e. The van der Waals surface area contributed by atoms with E-state index in [4.69, 9.17) is 4.74 Å². The van der Waals surface area contributed by atoms with E-state index >= 15 is 0 Å². The number of Topliss-reactive ketones (excluding diaryl/α,β-unsaturated/α-hetero) is 2. The lowest BCUT2D eigenvalue weighted by molar-refractivity contribution is 0.1000. The normalized spacial score (nSPS) is 14.5. The highest BCUT2D eigenvalue weighted by atomic mass is 16.5. The number of rotatable bonds is 1. The maximum Gasteiger partial charge on any atom is 0.195 e. The van der Waals surface area contributed by atoms with E-state index in [9.17, 15) is 9.59 Å². The van der Waals surface area contributed by atoms with Crippen LogP contribution in [0.1, 0.15) is 27.6 Å². The molecule has 0 N–H and O–H groups in total. The number of hydrogen-bond acceptors (Lipinski definition) is 3. The Hall–Kier alpha value is -1.90. The van der Waals surface area contributed by atoms with Crippen molar-refractivity contribution in [2.24, 2.45) is 0 Å². The van der Waals surface area contributed by atoms with Gasteiger partial charge < -0.3 is 4.74 Å². The zero-order valence-electron chi connectivity index (χ0n) is 8.37. The Morgan fingerprint density at radius 3 is 2.87 bits per heavy atom. The third-order valence-electron chi connectivity index (χ3n) is 2.35. The highest BCUT2D eigenvalue weighted by Crippen LogP contribution is 2.27. The fourth-order valence-corrected chi connectivity index (χ4v) is 1.47. The molecule has 0 bridgehead atoms. The van der Waals surface area contributed by atoms with Crippen LogP contribution in [0.2, 0.25) is 0 Å². The summed E-state index contributed by atoms with van der Waals surface area (Å²) < 4.78 is 5.31. The summed E-state index contributed by atoms with van der Waals surface area (Å²) in [6, 6.07) is 4.86. The molecule has 0 saturated heterocycles. The second-order valence-corrected chi connectivity index (χ2v) is 3.49. The van der Waals surface area contributed by atoms with E-state index in [0.29, 0.717) is 22.4 Å². The second-order valence-electron chi connectivity index (χ2n) is 3.49. The van der Waals surface area contributed by atoms with Crippen LogP contribution in [0.15, 0.2) is 30.4 Å². The highest BCUT2D eigenvalue weighted by Gasteiger charge is 2.22. The van der Waals surface area contributed by atoms with Crippen LogP contribution >= 0.6 is 0 Å². The molecule has 1 heterocycles. The Bertz CT molecular complexity index is 472. The van der Waals surface area contributed by atoms with Gasteiger partial charge in [0.15, 0.2) is 11.6 Å². The van der Waals surface area contributed by atoms with Crippen molar-refractivity contribution in [2.45, 2.75) is 6.92 Å². The molecule has 0 fully saturated rings. The Labute approximate surface area is 87.4 Å². The molecule has 0 spiro atoms. The Balaban J connectivity index is 2.55. The maximum atomic E-state index is 11.7. The summed E-state index contributed by atoms with van der Waals surface area (Å²) in [5, 5.41) is 0. The van der Waals surface area contributed by atoms with Crippen LogP contribution in [-0.4, -0.2) is 18.2 Å². The van der Waals surface area contributed by atoms with Crippen LogP contribution in [0.3, 0.4) is 0 Å². The molecule has 1 aromatic carbocycles. The zero-order valence-corrected chi connectivity index (χ0v) is 8.37. The Kier molecular flexibility index (Phi) is 2.15. The molecule has 1 aromatic rings. The van der Waals surface area contributed by atoms with Gasteiger partial charge in [0, 0.05) is 11.1 Å². The van der Waals surface area contributed by atoms with Gasteiger partial charge in [0.25, 0.3) is 0 Å². The smallest absolute Gasteiger partial charge is 0.195 e. The van der Waals surface area contributed by atoms with E-state index in [1.165, 1.54) is 6.92 Å². The molecule has 0 aliphatic carbocycles. The van der Waals surface area contributed by atoms with E-state index in [0.717, 1.165) is 0 Å². The first-order valence-corrected chi connectivity index (χ1v) is 4.60. The van der Waals surface area contributed by atoms with Gasteiger partial charge in [-0.3, -0.25) is 9.59 Å². The number of fused-ring (bicyclic) bond motifs is 1. The molecule has 3 nitrogen and oxygen atoms in total. The molecule has 0 radical (unpaired) electrons. The molecule has 1 aliphatic heterocycles. The molecular formula is C12H10O3. The van der Waals surface area contributed by atoms with Gasteiger partial charge in [-0.2, -0.15) is 0 Å². The summed E-state index contributed by atoms with van der Waals surface area (Å²) >= 11 is 0. The number of ketones is 2. The van der Waals surface area contributed by atoms with Crippen molar-refractivity contribution in [2.75, 3.05) is 6.61 Å². The summed E-state index contributed by atoms with van der Waals surface area (Å²) in [6.07, 6.45) is 0. The molecule has 76 valence electrons. The van der Waals surface area contributed by atoms with Crippen LogP contribution in [0.4, 0.5) is 0 Å². The largest absolute Gasteiger partial charge is 0.488 e. The summed E-state index contributed by atoms with van der Waals surface area (Å²) in [5.74, 6) is 0.318. The summed E-state index contributed by atoms with van der Waals surface area (Å²) in [5.41, 5.74) is 1.36. The van der Waals surface area contributed by atoms with E-state index in [2.05, 4.69) is 6.58 Å². The van der Waals surface area contributed by atoms with Crippen molar-refractivity contribution >= 4 is 11.6 Å². The fraction of sp³-hybridized carbons (Fsp3) is 0.167. The van der Waals surface area contributed by atoms with Gasteiger partial charge in [0.2, 0.25) is 0 Å². The molecule has 2 rings (SSSR count). The van der Waals surface area contributed by atoms with Crippen molar-refractivity contribution in [3.05, 3.63) is 41.5 Å². The van der Waals surface area contributed by atoms with Crippen molar-refractivity contribution < 1.29 is 14.3 Å². The van der Waals surface area contributed by atoms with Crippen molar-refractivity contribution in [1.82, 2.24) is 0 Å². The lowest BCUT2D eigenvalue weighted by Gasteiger charge is -2.18. The third kappa shape index (κ3) is 1.56. The van der Waals surface area contributed by atoms with E-state index in [-0.39, 0.29) is 18.2 Å². The minimum absolute atomic E-state index is 0.0678. The lowest BCUT2D eigenvalue weighted by atomic mass is 9.98. The molecule has 1 aliphatic rings. The topological polar surface area (TPSA) is 43.4 Å². The molecule has 15 heavy (non-hydrogen) atoms. The maximum absolute atomic E-state index is 11.7. The standard InChI is InChI=1S/C12H10O3/c1-7-6-15-11-4-3-9(8(2)13)5-10(11)12(7)14/h3-5H,1,6H2,2H3. The summed E-state index contributed by atoms with van der Waals surface area (Å²) in [6.45, 7) is 5.30. The molecule has 0 unspecified atom stereocenters. The first kappa shape index (κ1) is 9.65. The molecule has 0 atom stereocenters. The van der Waals surface area contributed by atoms with Crippen LogP contribution in [0, 0.1) is 0 Å². The highest BCUT2D eigenvalue weighted by molar-refractivity contribution is 6.12. The summed E-state index contributed by atoms with van der Waals surface area (Å²) in [7, 11) is 0. The van der Waals surface area contributed by atoms with E-state index < -0.39 is 0 Å². The number of benzene rings is 1. The average Bonchev–Trinajstić information content (AvgIpc) is 2.23. The number of carbonyl (C=O) groups excluding carboxylic acids is 2. The number of hydrogen-bond donors (Lipinski definition) is 0. The van der Waals surface area contributed by atoms with Gasteiger partial charge in [-0.1, -0.05) is 6.58 Å². The first-order chi connectivity index (χ1) is 7.09. The minimum atomic E-state index is -0.139. The zero-order chi connectivity index (χ0) is 11.0. The Morgan fingerprint density at radius 2 is 2.20 bits per heavy atom. The molecular weight excluding hydrogens is 192 g/mol. The van der Waals surface area contributed by atoms with Crippen molar-refractivity contribution in [3.8, 4) is 5.75 Å². The monoisotopic (exact) mass is 202 g/mol. The predicted molar refractivity (Wildman–Crippen MR) is 55.4 cm³/mol. The number of carbonyl (C=O) groups is 2. The molecule has 0 saturated carbocycles. The van der Waals surface area contributed by atoms with E-state index in [1.54, 1.807) is 18.2 Å². The first-order valence-electron chi connectivity index (χ1n) is 4.60. The molecule has 3 heteroatoms. The van der Waals surface area contributed by atoms with Crippen LogP contribution < -0.4 is 4.74 Å². The van der Waals surface area contributed by atoms with Crippen LogP contribution in [0.25, 0.3) is 0 Å². The Morgan fingerprint density at radius 1 is 1.47 bits per heavy atom. The van der Waals surface area contributed by atoms with Gasteiger partial charge in [-0.25, -0.2) is 0 Å². The van der Waals surface area contributed by atoms with Gasteiger partial charge in [-0.05, 0) is 25.1 Å². The average molecular weight is 202 g/mol. The van der Waals surface area contributed by atoms with Crippen molar-refractivity contribution in [3.63, 3.8) is 0 Å². The molecule has 0 amide bonds. The van der Waals surface area contributed by atoms with Gasteiger partial charge in [0.1, 0.15) is 12.4 Å². The van der Waals surface area contributed by atoms with Crippen LogP contribution in [0.5, 0.6) is 5.75 Å². The SMILES string of the molecule is C=C1COc2ccc(C(C)=O)cc2C1=O. The van der Waals surface area contributed by atoms with Gasteiger partial charge in [-0.15, -0.1) is 0 Å². The third-order valence-corrected chi connectivity index (χ3v) is 2.35. The van der Waals surface area contributed by atoms with Gasteiger partial charge in [0.05, 0.1) is 5.56 Å². The quantitative estimate of drug-likeness (QED) is 0.517. The van der Waals surface area contributed by atoms with Gasteiger partial charge >= 0.3 is 0 Å².